The zero-order valence-corrected chi connectivity index (χ0v) is 11.2. The second kappa shape index (κ2) is 5.95. The van der Waals surface area contributed by atoms with Gasteiger partial charge in [-0.15, -0.1) is 0 Å². The quantitative estimate of drug-likeness (QED) is 0.602. The molecule has 2 heterocycles. The Morgan fingerprint density at radius 2 is 2.25 bits per heavy atom. The van der Waals surface area contributed by atoms with Crippen LogP contribution in [0, 0.1) is 10.1 Å². The number of nitrogens with zero attached hydrogens (tertiary/aromatic N) is 5. The van der Waals surface area contributed by atoms with Crippen molar-refractivity contribution in [3.05, 3.63) is 34.3 Å². The van der Waals surface area contributed by atoms with Gasteiger partial charge >= 0.3 is 5.69 Å². The third kappa shape index (κ3) is 2.99. The first kappa shape index (κ1) is 13.7. The minimum Gasteiger partial charge on any atom is -0.359 e. The van der Waals surface area contributed by atoms with Gasteiger partial charge in [0, 0.05) is 19.8 Å². The van der Waals surface area contributed by atoms with Crippen LogP contribution in [-0.2, 0) is 13.6 Å². The molecule has 2 aromatic rings. The molecule has 106 valence electrons. The Morgan fingerprint density at radius 3 is 2.85 bits per heavy atom. The van der Waals surface area contributed by atoms with Gasteiger partial charge in [0.25, 0.3) is 0 Å². The van der Waals surface area contributed by atoms with Crippen LogP contribution in [0.25, 0.3) is 0 Å². The molecule has 20 heavy (non-hydrogen) atoms. The van der Waals surface area contributed by atoms with Crippen LogP contribution in [0.15, 0.2) is 18.5 Å². The Bertz CT molecular complexity index is 611. The highest BCUT2D eigenvalue weighted by atomic mass is 16.6. The lowest BCUT2D eigenvalue weighted by molar-refractivity contribution is -0.384. The van der Waals surface area contributed by atoms with Crippen molar-refractivity contribution in [3.8, 4) is 0 Å². The molecule has 0 amide bonds. The Labute approximate surface area is 115 Å². The normalized spacial score (nSPS) is 10.3. The molecule has 0 aliphatic carbocycles. The fraction of sp³-hybridized carbons (Fsp3) is 0.364. The highest BCUT2D eigenvalue weighted by Gasteiger charge is 2.17. The van der Waals surface area contributed by atoms with Gasteiger partial charge in [-0.1, -0.05) is 0 Å². The Kier molecular flexibility index (Phi) is 4.08. The van der Waals surface area contributed by atoms with Crippen molar-refractivity contribution < 1.29 is 4.92 Å². The lowest BCUT2D eigenvalue weighted by Crippen LogP contribution is -2.10. The van der Waals surface area contributed by atoms with Crippen molar-refractivity contribution in [2.24, 2.45) is 7.05 Å². The van der Waals surface area contributed by atoms with Crippen LogP contribution in [0.3, 0.4) is 0 Å². The summed E-state index contributed by atoms with van der Waals surface area (Å²) in [5.74, 6) is 0.535. The maximum absolute atomic E-state index is 11.0. The number of hydrogen-bond acceptors (Lipinski definition) is 7. The maximum Gasteiger partial charge on any atom is 0.329 e. The van der Waals surface area contributed by atoms with Crippen molar-refractivity contribution in [2.45, 2.75) is 13.5 Å². The van der Waals surface area contributed by atoms with Crippen LogP contribution in [0.2, 0.25) is 0 Å². The Morgan fingerprint density at radius 1 is 1.45 bits per heavy atom. The summed E-state index contributed by atoms with van der Waals surface area (Å²) in [5, 5.41) is 20.9. The van der Waals surface area contributed by atoms with Crippen molar-refractivity contribution in [1.82, 2.24) is 19.7 Å². The second-order valence-electron chi connectivity index (χ2n) is 4.01. The van der Waals surface area contributed by atoms with Gasteiger partial charge in [-0.25, -0.2) is 4.98 Å². The van der Waals surface area contributed by atoms with Crippen molar-refractivity contribution >= 4 is 17.5 Å². The molecule has 2 aromatic heterocycles. The summed E-state index contributed by atoms with van der Waals surface area (Å²) in [5.41, 5.74) is 0.733. The topological polar surface area (TPSA) is 111 Å². The summed E-state index contributed by atoms with van der Waals surface area (Å²) < 4.78 is 1.69. The first-order chi connectivity index (χ1) is 9.61. The van der Waals surface area contributed by atoms with Gasteiger partial charge in [0.15, 0.2) is 0 Å². The molecule has 9 heteroatoms. The molecule has 9 nitrogen and oxygen atoms in total. The number of nitrogens with one attached hydrogen (secondary N) is 2. The third-order valence-electron chi connectivity index (χ3n) is 2.66. The molecule has 0 atom stereocenters. The van der Waals surface area contributed by atoms with Gasteiger partial charge in [0.2, 0.25) is 11.8 Å². The summed E-state index contributed by atoms with van der Waals surface area (Å²) in [4.78, 5) is 18.5. The van der Waals surface area contributed by atoms with E-state index in [0.717, 1.165) is 5.69 Å². The van der Waals surface area contributed by atoms with E-state index in [4.69, 9.17) is 0 Å². The summed E-state index contributed by atoms with van der Waals surface area (Å²) in [6.45, 7) is 2.92. The van der Waals surface area contributed by atoms with Crippen LogP contribution in [0.4, 0.5) is 17.5 Å². The van der Waals surface area contributed by atoms with E-state index in [1.165, 1.54) is 6.20 Å². The van der Waals surface area contributed by atoms with Crippen molar-refractivity contribution in [3.63, 3.8) is 0 Å². The molecule has 0 aliphatic rings. The second-order valence-corrected chi connectivity index (χ2v) is 4.01. The monoisotopic (exact) mass is 277 g/mol. The zero-order valence-electron chi connectivity index (χ0n) is 11.2. The molecular weight excluding hydrogens is 262 g/mol. The van der Waals surface area contributed by atoms with Gasteiger partial charge in [0.05, 0.1) is 17.2 Å². The average molecular weight is 277 g/mol. The number of aromatic nitrogens is 4. The first-order valence-corrected chi connectivity index (χ1v) is 6.08. The van der Waals surface area contributed by atoms with E-state index in [0.29, 0.717) is 19.0 Å². The number of aryl methyl sites for hydroxylation is 1. The summed E-state index contributed by atoms with van der Waals surface area (Å²) in [6, 6.07) is 1.82. The van der Waals surface area contributed by atoms with E-state index < -0.39 is 4.92 Å². The highest BCUT2D eigenvalue weighted by molar-refractivity contribution is 5.56. The van der Waals surface area contributed by atoms with E-state index in [1.807, 2.05) is 13.0 Å². The van der Waals surface area contributed by atoms with Crippen LogP contribution in [0.5, 0.6) is 0 Å². The minimum absolute atomic E-state index is 0.158. The maximum atomic E-state index is 11.0. The van der Waals surface area contributed by atoms with Gasteiger partial charge in [-0.2, -0.15) is 10.1 Å². The molecular formula is C11H15N7O2. The van der Waals surface area contributed by atoms with Crippen molar-refractivity contribution in [2.75, 3.05) is 17.2 Å². The lowest BCUT2D eigenvalue weighted by Gasteiger charge is -2.08. The number of nitro groups is 1. The standard InChI is InChI=1S/C11H15N7O2/c1-3-12-11-14-7-9(18(19)20)10(16-11)13-6-8-4-5-15-17(8)2/h4-5,7H,3,6H2,1-2H3,(H2,12,13,14,16). The van der Waals surface area contributed by atoms with Crippen LogP contribution in [-0.4, -0.2) is 31.2 Å². The average Bonchev–Trinajstić information content (AvgIpc) is 2.82. The third-order valence-corrected chi connectivity index (χ3v) is 2.66. The van der Waals surface area contributed by atoms with Crippen LogP contribution >= 0.6 is 0 Å². The molecule has 0 fully saturated rings. The molecule has 0 bridgehead atoms. The minimum atomic E-state index is -0.513. The van der Waals surface area contributed by atoms with E-state index >= 15 is 0 Å². The molecule has 0 saturated heterocycles. The molecule has 0 unspecified atom stereocenters. The van der Waals surface area contributed by atoms with Gasteiger partial charge in [-0.05, 0) is 13.0 Å². The fourth-order valence-corrected chi connectivity index (χ4v) is 1.63. The molecule has 0 saturated carbocycles. The van der Waals surface area contributed by atoms with Crippen LogP contribution < -0.4 is 10.6 Å². The summed E-state index contributed by atoms with van der Waals surface area (Å²) in [7, 11) is 1.80. The van der Waals surface area contributed by atoms with Gasteiger partial charge in [0.1, 0.15) is 6.20 Å². The summed E-state index contributed by atoms with van der Waals surface area (Å²) >= 11 is 0. The van der Waals surface area contributed by atoms with E-state index in [1.54, 1.807) is 17.9 Å². The Hall–Kier alpha value is -2.71. The fourth-order valence-electron chi connectivity index (χ4n) is 1.63. The molecule has 2 N–H and O–H groups in total. The number of rotatable bonds is 6. The Balaban J connectivity index is 2.21. The molecule has 0 spiro atoms. The van der Waals surface area contributed by atoms with Crippen molar-refractivity contribution in [1.29, 1.82) is 0 Å². The zero-order chi connectivity index (χ0) is 14.5. The SMILES string of the molecule is CCNc1ncc([N+](=O)[O-])c(NCc2ccnn2C)n1. The van der Waals surface area contributed by atoms with Gasteiger partial charge in [-0.3, -0.25) is 14.8 Å². The largest absolute Gasteiger partial charge is 0.359 e. The smallest absolute Gasteiger partial charge is 0.329 e. The predicted molar refractivity (Wildman–Crippen MR) is 73.4 cm³/mol. The van der Waals surface area contributed by atoms with Crippen LogP contribution in [0.1, 0.15) is 12.6 Å². The number of hydrogen-bond donors (Lipinski definition) is 2. The molecule has 0 aromatic carbocycles. The molecule has 0 aliphatic heterocycles. The van der Waals surface area contributed by atoms with E-state index in [2.05, 4.69) is 25.7 Å². The van der Waals surface area contributed by atoms with E-state index in [-0.39, 0.29) is 11.5 Å². The number of anilines is 2. The molecule has 2 rings (SSSR count). The molecule has 0 radical (unpaired) electrons. The lowest BCUT2D eigenvalue weighted by atomic mass is 10.4. The van der Waals surface area contributed by atoms with E-state index in [9.17, 15) is 10.1 Å². The summed E-state index contributed by atoms with van der Waals surface area (Å²) in [6.07, 6.45) is 2.85. The highest BCUT2D eigenvalue weighted by Crippen LogP contribution is 2.22. The van der Waals surface area contributed by atoms with Gasteiger partial charge < -0.3 is 10.6 Å². The first-order valence-electron chi connectivity index (χ1n) is 6.08. The predicted octanol–water partition coefficient (Wildman–Crippen LogP) is 1.16.